The Hall–Kier alpha value is -2.92. The van der Waals surface area contributed by atoms with Gasteiger partial charge in [0.2, 0.25) is 5.91 Å². The molecular weight excluding hydrogens is 380 g/mol. The lowest BCUT2D eigenvalue weighted by molar-refractivity contribution is -0.121. The summed E-state index contributed by atoms with van der Waals surface area (Å²) < 4.78 is 5.67. The van der Waals surface area contributed by atoms with E-state index in [0.29, 0.717) is 26.1 Å². The lowest BCUT2D eigenvalue weighted by Gasteiger charge is -2.32. The predicted molar refractivity (Wildman–Crippen MR) is 118 cm³/mol. The highest BCUT2D eigenvalue weighted by molar-refractivity contribution is 7.99. The van der Waals surface area contributed by atoms with Gasteiger partial charge in [0, 0.05) is 22.8 Å². The molecule has 5 heteroatoms. The Bertz CT molecular complexity index is 943. The summed E-state index contributed by atoms with van der Waals surface area (Å²) >= 11 is 1.78. The number of nitrogens with one attached hydrogen (secondary N) is 1. The summed E-state index contributed by atoms with van der Waals surface area (Å²) in [7, 11) is 0. The molecule has 1 N–H and O–H groups in total. The highest BCUT2D eigenvalue weighted by atomic mass is 32.2. The summed E-state index contributed by atoms with van der Waals surface area (Å²) in [5.41, 5.74) is 3.52. The summed E-state index contributed by atoms with van der Waals surface area (Å²) in [5, 5.41) is 2.96. The van der Waals surface area contributed by atoms with E-state index in [9.17, 15) is 4.79 Å². The Morgan fingerprint density at radius 1 is 0.931 bits per heavy atom. The van der Waals surface area contributed by atoms with Crippen molar-refractivity contribution in [1.29, 1.82) is 0 Å². The van der Waals surface area contributed by atoms with Gasteiger partial charge in [-0.25, -0.2) is 0 Å². The Morgan fingerprint density at radius 3 is 2.21 bits per heavy atom. The monoisotopic (exact) mass is 404 g/mol. The molecule has 0 bridgehead atoms. The Labute approximate surface area is 175 Å². The first-order valence-electron chi connectivity index (χ1n) is 9.80. The van der Waals surface area contributed by atoms with Crippen LogP contribution in [0.2, 0.25) is 0 Å². The fourth-order valence-electron chi connectivity index (χ4n) is 3.32. The van der Waals surface area contributed by atoms with Gasteiger partial charge >= 0.3 is 0 Å². The average molecular weight is 405 g/mol. The third-order valence-electron chi connectivity index (χ3n) is 4.81. The van der Waals surface area contributed by atoms with Crippen molar-refractivity contribution in [3.8, 4) is 5.75 Å². The summed E-state index contributed by atoms with van der Waals surface area (Å²) in [4.78, 5) is 17.0. The van der Waals surface area contributed by atoms with Crippen molar-refractivity contribution in [3.05, 3.63) is 78.4 Å². The van der Waals surface area contributed by atoms with Gasteiger partial charge in [0.1, 0.15) is 12.4 Å². The van der Waals surface area contributed by atoms with E-state index in [4.69, 9.17) is 4.74 Å². The number of anilines is 2. The molecule has 0 radical (unpaired) electrons. The van der Waals surface area contributed by atoms with Gasteiger partial charge in [0.15, 0.2) is 0 Å². The molecular formula is C24H24N2O2S. The second-order valence-electron chi connectivity index (χ2n) is 6.95. The largest absolute Gasteiger partial charge is 0.492 e. The topological polar surface area (TPSA) is 41.6 Å². The van der Waals surface area contributed by atoms with Crippen molar-refractivity contribution in [2.45, 2.75) is 23.1 Å². The number of carbonyl (C=O) groups is 1. The predicted octanol–water partition coefficient (Wildman–Crippen LogP) is 5.18. The van der Waals surface area contributed by atoms with Crippen molar-refractivity contribution in [3.63, 3.8) is 0 Å². The fraction of sp³-hybridized carbons (Fsp3) is 0.208. The van der Waals surface area contributed by atoms with Crippen molar-refractivity contribution < 1.29 is 9.53 Å². The second-order valence-corrected chi connectivity index (χ2v) is 8.03. The van der Waals surface area contributed by atoms with Crippen LogP contribution in [0.5, 0.6) is 5.75 Å². The first-order valence-corrected chi connectivity index (χ1v) is 10.6. The molecule has 0 aromatic heterocycles. The maximum absolute atomic E-state index is 12.4. The molecule has 0 spiro atoms. The zero-order chi connectivity index (χ0) is 20.1. The Morgan fingerprint density at radius 2 is 1.55 bits per heavy atom. The molecule has 148 valence electrons. The van der Waals surface area contributed by atoms with Crippen LogP contribution in [0.3, 0.4) is 0 Å². The normalized spacial score (nSPS) is 12.1. The van der Waals surface area contributed by atoms with Crippen LogP contribution in [0.1, 0.15) is 12.0 Å². The number of benzene rings is 3. The number of fused-ring (bicyclic) bond motifs is 2. The van der Waals surface area contributed by atoms with Gasteiger partial charge in [0.05, 0.1) is 17.9 Å². The third kappa shape index (κ3) is 4.74. The van der Waals surface area contributed by atoms with Crippen LogP contribution in [0.25, 0.3) is 0 Å². The van der Waals surface area contributed by atoms with E-state index in [0.717, 1.165) is 17.1 Å². The van der Waals surface area contributed by atoms with E-state index in [1.165, 1.54) is 15.4 Å². The molecule has 1 amide bonds. The van der Waals surface area contributed by atoms with E-state index in [1.54, 1.807) is 11.8 Å². The highest BCUT2D eigenvalue weighted by Gasteiger charge is 2.22. The molecule has 0 fully saturated rings. The zero-order valence-corrected chi connectivity index (χ0v) is 17.2. The lowest BCUT2D eigenvalue weighted by Crippen LogP contribution is -2.32. The Balaban J connectivity index is 1.31. The van der Waals surface area contributed by atoms with Crippen molar-refractivity contribution >= 4 is 29.0 Å². The minimum Gasteiger partial charge on any atom is -0.492 e. The molecule has 0 saturated heterocycles. The smallest absolute Gasteiger partial charge is 0.221 e. The molecule has 0 atom stereocenters. The minimum absolute atomic E-state index is 0.0331. The van der Waals surface area contributed by atoms with Crippen LogP contribution in [0, 0.1) is 6.92 Å². The van der Waals surface area contributed by atoms with Gasteiger partial charge < -0.3 is 15.0 Å². The summed E-state index contributed by atoms with van der Waals surface area (Å²) in [6.07, 6.45) is 0.428. The highest BCUT2D eigenvalue weighted by Crippen LogP contribution is 2.47. The number of ether oxygens (including phenoxy) is 1. The number of carbonyl (C=O) groups excluding carboxylic acids is 1. The summed E-state index contributed by atoms with van der Waals surface area (Å²) in [6.45, 7) is 3.64. The van der Waals surface area contributed by atoms with E-state index in [-0.39, 0.29) is 5.91 Å². The van der Waals surface area contributed by atoms with Gasteiger partial charge in [0.25, 0.3) is 0 Å². The Kier molecular flexibility index (Phi) is 6.06. The molecule has 4 nitrogen and oxygen atoms in total. The number of hydrogen-bond acceptors (Lipinski definition) is 4. The van der Waals surface area contributed by atoms with Gasteiger partial charge in [-0.15, -0.1) is 0 Å². The number of aryl methyl sites for hydroxylation is 1. The van der Waals surface area contributed by atoms with Crippen LogP contribution in [-0.2, 0) is 4.79 Å². The molecule has 0 saturated carbocycles. The molecule has 3 aromatic carbocycles. The summed E-state index contributed by atoms with van der Waals surface area (Å²) in [5.74, 6) is 0.856. The quantitative estimate of drug-likeness (QED) is 0.551. The molecule has 1 aliphatic rings. The summed E-state index contributed by atoms with van der Waals surface area (Å²) in [6, 6.07) is 24.6. The first kappa shape index (κ1) is 19.4. The van der Waals surface area contributed by atoms with Crippen LogP contribution in [-0.4, -0.2) is 25.6 Å². The van der Waals surface area contributed by atoms with E-state index < -0.39 is 0 Å². The van der Waals surface area contributed by atoms with Gasteiger partial charge in [-0.3, -0.25) is 4.79 Å². The molecule has 0 unspecified atom stereocenters. The van der Waals surface area contributed by atoms with Crippen LogP contribution in [0.15, 0.2) is 82.6 Å². The maximum atomic E-state index is 12.4. The fourth-order valence-corrected chi connectivity index (χ4v) is 4.41. The first-order chi connectivity index (χ1) is 14.2. The molecule has 29 heavy (non-hydrogen) atoms. The number of hydrogen-bond donors (Lipinski definition) is 1. The zero-order valence-electron chi connectivity index (χ0n) is 16.4. The molecule has 3 aromatic rings. The standard InChI is InChI=1S/C24H24N2O2S/c1-18-10-12-19(13-11-18)28-17-15-25-24(27)14-16-26-20-6-2-4-8-22(20)29-23-9-5-3-7-21(23)26/h2-13H,14-17H2,1H3,(H,25,27). The molecule has 1 heterocycles. The number of nitrogens with zero attached hydrogens (tertiary/aromatic N) is 1. The van der Waals surface area contributed by atoms with Crippen molar-refractivity contribution in [2.24, 2.45) is 0 Å². The third-order valence-corrected chi connectivity index (χ3v) is 5.94. The molecule has 1 aliphatic heterocycles. The minimum atomic E-state index is 0.0331. The lowest BCUT2D eigenvalue weighted by atomic mass is 10.2. The molecule has 4 rings (SSSR count). The molecule has 0 aliphatic carbocycles. The van der Waals surface area contributed by atoms with E-state index in [2.05, 4.69) is 46.6 Å². The maximum Gasteiger partial charge on any atom is 0.221 e. The number of para-hydroxylation sites is 2. The number of rotatable bonds is 7. The van der Waals surface area contributed by atoms with Crippen LogP contribution in [0.4, 0.5) is 11.4 Å². The van der Waals surface area contributed by atoms with Crippen molar-refractivity contribution in [2.75, 3.05) is 24.6 Å². The van der Waals surface area contributed by atoms with E-state index in [1.807, 2.05) is 43.3 Å². The van der Waals surface area contributed by atoms with Crippen molar-refractivity contribution in [1.82, 2.24) is 5.32 Å². The SMILES string of the molecule is Cc1ccc(OCCNC(=O)CCN2c3ccccc3Sc3ccccc32)cc1. The van der Waals surface area contributed by atoms with Gasteiger partial charge in [-0.2, -0.15) is 0 Å². The van der Waals surface area contributed by atoms with Gasteiger partial charge in [-0.1, -0.05) is 53.7 Å². The van der Waals surface area contributed by atoms with Crippen LogP contribution < -0.4 is 15.0 Å². The second kappa shape index (κ2) is 9.05. The average Bonchev–Trinajstić information content (AvgIpc) is 2.75. The van der Waals surface area contributed by atoms with Gasteiger partial charge in [-0.05, 0) is 43.3 Å². The van der Waals surface area contributed by atoms with Crippen LogP contribution >= 0.6 is 11.8 Å². The number of amides is 1. The van der Waals surface area contributed by atoms with E-state index >= 15 is 0 Å².